The third-order valence-corrected chi connectivity index (χ3v) is 4.58. The summed E-state index contributed by atoms with van der Waals surface area (Å²) in [5, 5.41) is 0. The number of halogens is 1. The van der Waals surface area contributed by atoms with Gasteiger partial charge in [-0.15, -0.1) is 17.0 Å². The van der Waals surface area contributed by atoms with E-state index in [-0.39, 0.29) is 17.0 Å². The second-order valence-electron chi connectivity index (χ2n) is 6.81. The highest BCUT2D eigenvalue weighted by Gasteiger charge is 1.96. The van der Waals surface area contributed by atoms with Crippen molar-refractivity contribution in [1.29, 1.82) is 0 Å². The van der Waals surface area contributed by atoms with Crippen LogP contribution in [0.1, 0.15) is 117 Å². The molecule has 1 nitrogen and oxygen atoms in total. The van der Waals surface area contributed by atoms with Crippen LogP contribution in [0.4, 0.5) is 0 Å². The number of hydrogen-bond donors (Lipinski definition) is 1. The molecule has 0 radical (unpaired) electrons. The van der Waals surface area contributed by atoms with Crippen LogP contribution >= 0.6 is 17.0 Å². The van der Waals surface area contributed by atoms with Gasteiger partial charge >= 0.3 is 0 Å². The topological polar surface area (TPSA) is 26.0 Å². The van der Waals surface area contributed by atoms with Crippen molar-refractivity contribution in [3.63, 3.8) is 0 Å². The summed E-state index contributed by atoms with van der Waals surface area (Å²) in [5.41, 5.74) is 8.17. The highest BCUT2D eigenvalue weighted by atomic mass is 79.9. The van der Waals surface area contributed by atoms with Crippen LogP contribution in [0.25, 0.3) is 0 Å². The van der Waals surface area contributed by atoms with Crippen molar-refractivity contribution in [1.82, 2.24) is 0 Å². The second kappa shape index (κ2) is 19.1. The summed E-state index contributed by atoms with van der Waals surface area (Å²) in [4.78, 5) is 0. The first kappa shape index (κ1) is 24.3. The molecule has 0 fully saturated rings. The molecule has 0 aromatic heterocycles. The zero-order valence-corrected chi connectivity index (χ0v) is 17.3. The first-order chi connectivity index (χ1) is 10.2. The molecular weight excluding hydrogens is 334 g/mol. The smallest absolute Gasteiger partial charge is 0.00379 e. The van der Waals surface area contributed by atoms with Gasteiger partial charge in [0, 0.05) is 5.70 Å². The highest BCUT2D eigenvalue weighted by Crippen LogP contribution is 2.15. The Hall–Kier alpha value is 0.0200. The van der Waals surface area contributed by atoms with Gasteiger partial charge in [0.1, 0.15) is 0 Å². The first-order valence-electron chi connectivity index (χ1n) is 9.60. The van der Waals surface area contributed by atoms with Gasteiger partial charge in [0.2, 0.25) is 0 Å². The monoisotopic (exact) mass is 375 g/mol. The molecule has 0 aromatic carbocycles. The van der Waals surface area contributed by atoms with E-state index in [1.54, 1.807) is 0 Å². The van der Waals surface area contributed by atoms with Crippen molar-refractivity contribution < 1.29 is 0 Å². The lowest BCUT2D eigenvalue weighted by molar-refractivity contribution is 0.535. The Labute approximate surface area is 151 Å². The molecule has 2 N–H and O–H groups in total. The molecule has 0 amide bonds. The number of allylic oxidation sites excluding steroid dienone is 2. The zero-order chi connectivity index (χ0) is 15.8. The molecule has 0 heterocycles. The molecule has 22 heavy (non-hydrogen) atoms. The lowest BCUT2D eigenvalue weighted by Crippen LogP contribution is -1.95. The maximum Gasteiger partial charge on any atom is 0.00379 e. The van der Waals surface area contributed by atoms with E-state index in [0.29, 0.717) is 0 Å². The van der Waals surface area contributed by atoms with E-state index in [9.17, 15) is 0 Å². The molecule has 0 aliphatic carbocycles. The Bertz CT molecular complexity index is 244. The van der Waals surface area contributed by atoms with Crippen LogP contribution in [0.2, 0.25) is 0 Å². The normalized spacial score (nSPS) is 12.0. The SMILES string of the molecule is Br.CCCCCCCCCCCCCCCCC(C)=C(C)N. The van der Waals surface area contributed by atoms with E-state index in [2.05, 4.69) is 13.8 Å². The first-order valence-corrected chi connectivity index (χ1v) is 9.60. The van der Waals surface area contributed by atoms with E-state index in [1.165, 1.54) is 102 Å². The molecule has 0 saturated carbocycles. The second-order valence-corrected chi connectivity index (χ2v) is 6.81. The zero-order valence-electron chi connectivity index (χ0n) is 15.6. The molecule has 0 saturated heterocycles. The van der Waals surface area contributed by atoms with E-state index in [4.69, 9.17) is 5.73 Å². The van der Waals surface area contributed by atoms with Gasteiger partial charge in [0.15, 0.2) is 0 Å². The Morgan fingerprint density at radius 3 is 1.23 bits per heavy atom. The van der Waals surface area contributed by atoms with E-state index in [0.717, 1.165) is 5.70 Å². The Kier molecular flexibility index (Phi) is 21.0. The third kappa shape index (κ3) is 18.1. The van der Waals surface area contributed by atoms with Crippen LogP contribution in [-0.4, -0.2) is 0 Å². The summed E-state index contributed by atoms with van der Waals surface area (Å²) in [5.74, 6) is 0. The molecule has 0 rings (SSSR count). The predicted molar refractivity (Wildman–Crippen MR) is 108 cm³/mol. The Balaban J connectivity index is 0. The molecule has 0 atom stereocenters. The molecule has 0 aliphatic rings. The largest absolute Gasteiger partial charge is 0.402 e. The van der Waals surface area contributed by atoms with Crippen molar-refractivity contribution >= 4 is 17.0 Å². The van der Waals surface area contributed by atoms with Gasteiger partial charge in [-0.2, -0.15) is 0 Å². The van der Waals surface area contributed by atoms with Crippen LogP contribution in [0, 0.1) is 0 Å². The van der Waals surface area contributed by atoms with Gasteiger partial charge in [0.05, 0.1) is 0 Å². The average molecular weight is 376 g/mol. The number of rotatable bonds is 15. The van der Waals surface area contributed by atoms with E-state index in [1.807, 2.05) is 6.92 Å². The molecular formula is C20H42BrN. The Morgan fingerprint density at radius 1 is 0.591 bits per heavy atom. The van der Waals surface area contributed by atoms with Gasteiger partial charge in [-0.05, 0) is 26.7 Å². The van der Waals surface area contributed by atoms with Crippen molar-refractivity contribution in [2.75, 3.05) is 0 Å². The fourth-order valence-corrected chi connectivity index (χ4v) is 2.78. The highest BCUT2D eigenvalue weighted by molar-refractivity contribution is 8.93. The van der Waals surface area contributed by atoms with Crippen LogP contribution in [0.15, 0.2) is 11.3 Å². The number of nitrogens with two attached hydrogens (primary N) is 1. The lowest BCUT2D eigenvalue weighted by Gasteiger charge is -2.04. The lowest BCUT2D eigenvalue weighted by atomic mass is 10.0. The van der Waals surface area contributed by atoms with Crippen molar-refractivity contribution in [3.8, 4) is 0 Å². The minimum Gasteiger partial charge on any atom is -0.402 e. The maximum absolute atomic E-state index is 5.77. The van der Waals surface area contributed by atoms with Gasteiger partial charge in [-0.25, -0.2) is 0 Å². The maximum atomic E-state index is 5.77. The Morgan fingerprint density at radius 2 is 0.909 bits per heavy atom. The summed E-state index contributed by atoms with van der Waals surface area (Å²) >= 11 is 0. The van der Waals surface area contributed by atoms with E-state index >= 15 is 0 Å². The molecule has 0 unspecified atom stereocenters. The molecule has 134 valence electrons. The minimum absolute atomic E-state index is 0. The fraction of sp³-hybridized carbons (Fsp3) is 0.900. The quantitative estimate of drug-likeness (QED) is 0.291. The molecule has 0 bridgehead atoms. The van der Waals surface area contributed by atoms with Gasteiger partial charge in [-0.1, -0.05) is 96.0 Å². The molecule has 0 aromatic rings. The van der Waals surface area contributed by atoms with Crippen LogP contribution < -0.4 is 5.73 Å². The van der Waals surface area contributed by atoms with E-state index < -0.39 is 0 Å². The molecule has 2 heteroatoms. The summed E-state index contributed by atoms with van der Waals surface area (Å²) < 4.78 is 0. The van der Waals surface area contributed by atoms with Crippen LogP contribution in [-0.2, 0) is 0 Å². The van der Waals surface area contributed by atoms with Crippen molar-refractivity contribution in [2.24, 2.45) is 5.73 Å². The summed E-state index contributed by atoms with van der Waals surface area (Å²) in [7, 11) is 0. The van der Waals surface area contributed by atoms with Crippen molar-refractivity contribution in [3.05, 3.63) is 11.3 Å². The fourth-order valence-electron chi connectivity index (χ4n) is 2.78. The third-order valence-electron chi connectivity index (χ3n) is 4.58. The summed E-state index contributed by atoms with van der Waals surface area (Å²) in [6.45, 7) is 6.47. The van der Waals surface area contributed by atoms with Crippen LogP contribution in [0.5, 0.6) is 0 Å². The summed E-state index contributed by atoms with van der Waals surface area (Å²) in [6.07, 6.45) is 21.2. The summed E-state index contributed by atoms with van der Waals surface area (Å²) in [6, 6.07) is 0. The van der Waals surface area contributed by atoms with Crippen molar-refractivity contribution in [2.45, 2.75) is 117 Å². The average Bonchev–Trinajstić information content (AvgIpc) is 2.47. The van der Waals surface area contributed by atoms with Crippen LogP contribution in [0.3, 0.4) is 0 Å². The molecule has 0 spiro atoms. The van der Waals surface area contributed by atoms with Gasteiger partial charge in [0.25, 0.3) is 0 Å². The van der Waals surface area contributed by atoms with Gasteiger partial charge in [-0.3, -0.25) is 0 Å². The predicted octanol–water partition coefficient (Wildman–Crippen LogP) is 7.69. The molecule has 0 aliphatic heterocycles. The minimum atomic E-state index is 0. The number of unbranched alkanes of at least 4 members (excludes halogenated alkanes) is 13. The number of hydrogen-bond acceptors (Lipinski definition) is 1. The standard InChI is InChI=1S/C20H41N.BrH/c1-4-5-6-7-8-9-10-11-12-13-14-15-16-17-18-19(2)20(3)21;/h4-18,21H2,1-3H3;1H. The van der Waals surface area contributed by atoms with Gasteiger partial charge < -0.3 is 5.73 Å².